The van der Waals surface area contributed by atoms with Crippen LogP contribution in [0.1, 0.15) is 29.3 Å². The zero-order valence-electron chi connectivity index (χ0n) is 12.1. The number of benzene rings is 1. The first kappa shape index (κ1) is 16.6. The average molecular weight is 292 g/mol. The summed E-state index contributed by atoms with van der Waals surface area (Å²) in [5, 5.41) is 5.30. The Balaban J connectivity index is 2.79. The summed E-state index contributed by atoms with van der Waals surface area (Å²) >= 11 is 0. The summed E-state index contributed by atoms with van der Waals surface area (Å²) in [7, 11) is 0. The van der Waals surface area contributed by atoms with Crippen LogP contribution < -0.4 is 22.1 Å². The van der Waals surface area contributed by atoms with Gasteiger partial charge in [-0.15, -0.1) is 0 Å². The Bertz CT molecular complexity index is 557. The molecule has 3 amide bonds. The van der Waals surface area contributed by atoms with Crippen LogP contribution in [0.2, 0.25) is 0 Å². The van der Waals surface area contributed by atoms with Crippen molar-refractivity contribution in [1.82, 2.24) is 5.32 Å². The molecule has 0 radical (unpaired) electrons. The minimum absolute atomic E-state index is 0.177. The lowest BCUT2D eigenvalue weighted by molar-refractivity contribution is -0.123. The van der Waals surface area contributed by atoms with Crippen molar-refractivity contribution in [2.75, 3.05) is 11.9 Å². The number of aryl methyl sites for hydroxylation is 1. The summed E-state index contributed by atoms with van der Waals surface area (Å²) in [4.78, 5) is 34.2. The van der Waals surface area contributed by atoms with Crippen molar-refractivity contribution in [2.24, 2.45) is 11.5 Å². The fourth-order valence-electron chi connectivity index (χ4n) is 1.74. The zero-order valence-corrected chi connectivity index (χ0v) is 12.1. The molecule has 1 rings (SSSR count). The Labute approximate surface area is 123 Å². The minimum Gasteiger partial charge on any atom is -0.370 e. The van der Waals surface area contributed by atoms with Crippen LogP contribution in [-0.2, 0) is 9.59 Å². The molecule has 1 unspecified atom stereocenters. The Morgan fingerprint density at radius 2 is 1.95 bits per heavy atom. The maximum absolute atomic E-state index is 11.8. The molecule has 21 heavy (non-hydrogen) atoms. The highest BCUT2D eigenvalue weighted by molar-refractivity contribution is 5.99. The SMILES string of the molecule is CCNC(=O)c1ccc(NC(=O)C(N)CC(N)=O)c(C)c1. The lowest BCUT2D eigenvalue weighted by atomic mass is 10.1. The molecule has 0 fully saturated rings. The summed E-state index contributed by atoms with van der Waals surface area (Å²) in [6.07, 6.45) is -0.220. The molecule has 1 aromatic carbocycles. The van der Waals surface area contributed by atoms with Crippen molar-refractivity contribution < 1.29 is 14.4 Å². The third-order valence-corrected chi connectivity index (χ3v) is 2.84. The summed E-state index contributed by atoms with van der Waals surface area (Å²) in [5.41, 5.74) is 12.3. The van der Waals surface area contributed by atoms with E-state index in [2.05, 4.69) is 10.6 Å². The molecule has 1 aromatic rings. The maximum atomic E-state index is 11.8. The quantitative estimate of drug-likeness (QED) is 0.583. The predicted octanol–water partition coefficient (Wildman–Crippen LogP) is -0.114. The molecule has 0 aromatic heterocycles. The lowest BCUT2D eigenvalue weighted by Crippen LogP contribution is -2.39. The van der Waals surface area contributed by atoms with Gasteiger partial charge in [-0.3, -0.25) is 14.4 Å². The highest BCUT2D eigenvalue weighted by Crippen LogP contribution is 2.17. The lowest BCUT2D eigenvalue weighted by Gasteiger charge is -2.13. The number of amides is 3. The number of nitrogens with one attached hydrogen (secondary N) is 2. The first-order valence-corrected chi connectivity index (χ1v) is 6.58. The van der Waals surface area contributed by atoms with Gasteiger partial charge in [0, 0.05) is 17.8 Å². The van der Waals surface area contributed by atoms with E-state index in [1.807, 2.05) is 6.92 Å². The van der Waals surface area contributed by atoms with Gasteiger partial charge in [0.15, 0.2) is 0 Å². The van der Waals surface area contributed by atoms with Crippen molar-refractivity contribution in [3.8, 4) is 0 Å². The molecule has 0 aliphatic rings. The van der Waals surface area contributed by atoms with Gasteiger partial charge in [0.1, 0.15) is 0 Å². The molecule has 6 N–H and O–H groups in total. The number of rotatable bonds is 6. The largest absolute Gasteiger partial charge is 0.370 e. The van der Waals surface area contributed by atoms with Crippen molar-refractivity contribution >= 4 is 23.4 Å². The molecule has 7 nitrogen and oxygen atoms in total. The first-order chi connectivity index (χ1) is 9.85. The molecule has 1 atom stereocenters. The van der Waals surface area contributed by atoms with Gasteiger partial charge in [-0.25, -0.2) is 0 Å². The summed E-state index contributed by atoms with van der Waals surface area (Å²) in [6.45, 7) is 4.13. The van der Waals surface area contributed by atoms with E-state index in [0.29, 0.717) is 17.8 Å². The second kappa shape index (κ2) is 7.39. The van der Waals surface area contributed by atoms with Crippen molar-refractivity contribution in [3.05, 3.63) is 29.3 Å². The van der Waals surface area contributed by atoms with Crippen molar-refractivity contribution in [2.45, 2.75) is 26.3 Å². The van der Waals surface area contributed by atoms with Crippen LogP contribution in [0.15, 0.2) is 18.2 Å². The van der Waals surface area contributed by atoms with Gasteiger partial charge in [-0.05, 0) is 37.6 Å². The second-order valence-electron chi connectivity index (χ2n) is 4.66. The molecule has 7 heteroatoms. The molecule has 0 heterocycles. The molecule has 0 bridgehead atoms. The molecule has 0 saturated heterocycles. The Kier molecular flexibility index (Phi) is 5.86. The van der Waals surface area contributed by atoms with Crippen LogP contribution in [0.3, 0.4) is 0 Å². The molecule has 0 aliphatic heterocycles. The van der Waals surface area contributed by atoms with E-state index >= 15 is 0 Å². The number of nitrogens with two attached hydrogens (primary N) is 2. The first-order valence-electron chi connectivity index (χ1n) is 6.58. The third kappa shape index (κ3) is 4.88. The predicted molar refractivity (Wildman–Crippen MR) is 79.6 cm³/mol. The third-order valence-electron chi connectivity index (χ3n) is 2.84. The van der Waals surface area contributed by atoms with Gasteiger partial charge in [0.2, 0.25) is 11.8 Å². The minimum atomic E-state index is -0.995. The highest BCUT2D eigenvalue weighted by atomic mass is 16.2. The number of carbonyl (C=O) groups excluding carboxylic acids is 3. The topological polar surface area (TPSA) is 127 Å². The number of primary amides is 1. The van der Waals surface area contributed by atoms with Gasteiger partial charge in [0.25, 0.3) is 5.91 Å². The fourth-order valence-corrected chi connectivity index (χ4v) is 1.74. The van der Waals surface area contributed by atoms with Crippen molar-refractivity contribution in [3.63, 3.8) is 0 Å². The van der Waals surface area contributed by atoms with Crippen LogP contribution in [0, 0.1) is 6.92 Å². The summed E-state index contributed by atoms with van der Waals surface area (Å²) < 4.78 is 0. The molecule has 0 aliphatic carbocycles. The monoisotopic (exact) mass is 292 g/mol. The van der Waals surface area contributed by atoms with E-state index in [9.17, 15) is 14.4 Å². The van der Waals surface area contributed by atoms with Gasteiger partial charge in [0.05, 0.1) is 12.5 Å². The molecule has 0 saturated carbocycles. The molecule has 114 valence electrons. The second-order valence-corrected chi connectivity index (χ2v) is 4.66. The maximum Gasteiger partial charge on any atom is 0.251 e. The van der Waals surface area contributed by atoms with Crippen molar-refractivity contribution in [1.29, 1.82) is 0 Å². The Hall–Kier alpha value is -2.41. The normalized spacial score (nSPS) is 11.6. The van der Waals surface area contributed by atoms with Crippen LogP contribution in [0.25, 0.3) is 0 Å². The average Bonchev–Trinajstić information content (AvgIpc) is 2.40. The van der Waals surface area contributed by atoms with E-state index in [-0.39, 0.29) is 12.3 Å². The van der Waals surface area contributed by atoms with Gasteiger partial charge in [-0.2, -0.15) is 0 Å². The number of hydrogen-bond donors (Lipinski definition) is 4. The van der Waals surface area contributed by atoms with Crippen LogP contribution in [0.5, 0.6) is 0 Å². The number of hydrogen-bond acceptors (Lipinski definition) is 4. The highest BCUT2D eigenvalue weighted by Gasteiger charge is 2.17. The molecule has 0 spiro atoms. The summed E-state index contributed by atoms with van der Waals surface area (Å²) in [6, 6.07) is 3.90. The fraction of sp³-hybridized carbons (Fsp3) is 0.357. The van der Waals surface area contributed by atoms with Gasteiger partial charge in [-0.1, -0.05) is 0 Å². The Morgan fingerprint density at radius 3 is 2.48 bits per heavy atom. The van der Waals surface area contributed by atoms with Gasteiger partial charge < -0.3 is 22.1 Å². The van der Waals surface area contributed by atoms with Crippen LogP contribution in [0.4, 0.5) is 5.69 Å². The van der Waals surface area contributed by atoms with E-state index in [4.69, 9.17) is 11.5 Å². The molecular weight excluding hydrogens is 272 g/mol. The Morgan fingerprint density at radius 1 is 1.29 bits per heavy atom. The van der Waals surface area contributed by atoms with Crippen LogP contribution in [-0.4, -0.2) is 30.3 Å². The number of anilines is 1. The summed E-state index contributed by atoms with van der Waals surface area (Å²) in [5.74, 6) is -1.31. The van der Waals surface area contributed by atoms with Crippen LogP contribution >= 0.6 is 0 Å². The molecular formula is C14H20N4O3. The van der Waals surface area contributed by atoms with E-state index in [0.717, 1.165) is 5.56 Å². The van der Waals surface area contributed by atoms with E-state index in [1.165, 1.54) is 0 Å². The standard InChI is InChI=1S/C14H20N4O3/c1-3-17-13(20)9-4-5-11(8(2)6-9)18-14(21)10(15)7-12(16)19/h4-6,10H,3,7,15H2,1-2H3,(H2,16,19)(H,17,20)(H,18,21). The van der Waals surface area contributed by atoms with E-state index in [1.54, 1.807) is 25.1 Å². The number of carbonyl (C=O) groups is 3. The van der Waals surface area contributed by atoms with Gasteiger partial charge >= 0.3 is 0 Å². The smallest absolute Gasteiger partial charge is 0.251 e. The zero-order chi connectivity index (χ0) is 16.0. The van der Waals surface area contributed by atoms with E-state index < -0.39 is 17.9 Å².